The largest absolute Gasteiger partial charge is 0.497 e. The van der Waals surface area contributed by atoms with Crippen LogP contribution in [0.5, 0.6) is 5.75 Å². The SMILES string of the molecule is COc1ccc2c(c1)CCN(C1CCN(C(=O)CNC(=O)c3cc(C)c4c(c3)NC(CC(F)(F)F)N4)CC1)C(=O)N2. The molecule has 1 atom stereocenters. The number of carbonyl (C=O) groups is 3. The molecule has 13 heteroatoms. The van der Waals surface area contributed by atoms with Gasteiger partial charge in [-0.05, 0) is 67.6 Å². The second-order valence-corrected chi connectivity index (χ2v) is 10.6. The first-order valence-corrected chi connectivity index (χ1v) is 13.6. The van der Waals surface area contributed by atoms with Crippen molar-refractivity contribution in [3.63, 3.8) is 0 Å². The summed E-state index contributed by atoms with van der Waals surface area (Å²) in [6.45, 7) is 2.97. The van der Waals surface area contributed by atoms with E-state index in [1.54, 1.807) is 25.0 Å². The Morgan fingerprint density at radius 2 is 1.83 bits per heavy atom. The summed E-state index contributed by atoms with van der Waals surface area (Å²) in [5.41, 5.74) is 3.59. The molecule has 5 rings (SSSR count). The van der Waals surface area contributed by atoms with Crippen LogP contribution in [0.3, 0.4) is 0 Å². The van der Waals surface area contributed by atoms with E-state index in [1.807, 2.05) is 23.1 Å². The van der Waals surface area contributed by atoms with E-state index in [-0.39, 0.29) is 30.1 Å². The summed E-state index contributed by atoms with van der Waals surface area (Å²) in [7, 11) is 1.60. The van der Waals surface area contributed by atoms with Crippen molar-refractivity contribution >= 4 is 34.9 Å². The Morgan fingerprint density at radius 1 is 1.07 bits per heavy atom. The average Bonchev–Trinajstić information content (AvgIpc) is 3.25. The molecule has 0 saturated carbocycles. The van der Waals surface area contributed by atoms with Crippen molar-refractivity contribution in [2.75, 3.05) is 49.2 Å². The van der Waals surface area contributed by atoms with Gasteiger partial charge in [-0.2, -0.15) is 13.2 Å². The average molecular weight is 575 g/mol. The number of halogens is 3. The van der Waals surface area contributed by atoms with Crippen LogP contribution in [0.15, 0.2) is 30.3 Å². The van der Waals surface area contributed by atoms with Crippen LogP contribution in [0.1, 0.15) is 40.7 Å². The van der Waals surface area contributed by atoms with Crippen molar-refractivity contribution in [3.8, 4) is 5.75 Å². The highest BCUT2D eigenvalue weighted by molar-refractivity contribution is 5.99. The number of anilines is 3. The normalized spacial score (nSPS) is 18.9. The fourth-order valence-corrected chi connectivity index (χ4v) is 5.66. The monoisotopic (exact) mass is 574 g/mol. The Balaban J connectivity index is 1.11. The van der Waals surface area contributed by atoms with Gasteiger partial charge in [0.1, 0.15) is 11.9 Å². The van der Waals surface area contributed by atoms with E-state index < -0.39 is 24.7 Å². The number of likely N-dealkylation sites (tertiary alicyclic amines) is 1. The first-order valence-electron chi connectivity index (χ1n) is 13.6. The van der Waals surface area contributed by atoms with Gasteiger partial charge >= 0.3 is 12.2 Å². The van der Waals surface area contributed by atoms with Crippen LogP contribution in [-0.4, -0.2) is 79.3 Å². The lowest BCUT2D eigenvalue weighted by atomic mass is 10.0. The number of nitrogens with one attached hydrogen (secondary N) is 4. The molecule has 1 unspecified atom stereocenters. The van der Waals surface area contributed by atoms with E-state index in [4.69, 9.17) is 4.74 Å². The zero-order chi connectivity index (χ0) is 29.3. The summed E-state index contributed by atoms with van der Waals surface area (Å²) in [4.78, 5) is 42.1. The Bertz CT molecular complexity index is 1340. The third-order valence-corrected chi connectivity index (χ3v) is 7.78. The number of piperidine rings is 1. The van der Waals surface area contributed by atoms with Gasteiger partial charge in [0.05, 0.1) is 31.5 Å². The van der Waals surface area contributed by atoms with Gasteiger partial charge in [-0.1, -0.05) is 0 Å². The van der Waals surface area contributed by atoms with Gasteiger partial charge in [0.25, 0.3) is 5.91 Å². The van der Waals surface area contributed by atoms with E-state index >= 15 is 0 Å². The number of hydrogen-bond donors (Lipinski definition) is 4. The molecule has 3 aliphatic rings. The molecule has 0 radical (unpaired) electrons. The summed E-state index contributed by atoms with van der Waals surface area (Å²) in [6.07, 6.45) is -4.48. The summed E-state index contributed by atoms with van der Waals surface area (Å²) in [6, 6.07) is 8.47. The molecule has 4 N–H and O–H groups in total. The van der Waals surface area contributed by atoms with E-state index in [0.29, 0.717) is 55.8 Å². The third kappa shape index (κ3) is 6.44. The zero-order valence-corrected chi connectivity index (χ0v) is 22.9. The predicted molar refractivity (Wildman–Crippen MR) is 147 cm³/mol. The van der Waals surface area contributed by atoms with Crippen LogP contribution >= 0.6 is 0 Å². The maximum Gasteiger partial charge on any atom is 0.392 e. The van der Waals surface area contributed by atoms with Gasteiger partial charge in [0.2, 0.25) is 5.91 Å². The number of amides is 4. The molecule has 220 valence electrons. The zero-order valence-electron chi connectivity index (χ0n) is 22.9. The Hall–Kier alpha value is -4.16. The molecule has 0 aromatic heterocycles. The molecule has 2 aromatic rings. The molecule has 3 aliphatic heterocycles. The molecule has 2 aromatic carbocycles. The number of nitrogens with zero attached hydrogens (tertiary/aromatic N) is 2. The van der Waals surface area contributed by atoms with Crippen molar-refractivity contribution in [1.29, 1.82) is 0 Å². The molecule has 0 spiro atoms. The topological polar surface area (TPSA) is 115 Å². The minimum Gasteiger partial charge on any atom is -0.497 e. The number of rotatable bonds is 6. The first kappa shape index (κ1) is 28.4. The molecule has 1 fully saturated rings. The van der Waals surface area contributed by atoms with Crippen LogP contribution in [0, 0.1) is 6.92 Å². The van der Waals surface area contributed by atoms with E-state index in [9.17, 15) is 27.6 Å². The lowest BCUT2D eigenvalue weighted by Gasteiger charge is -2.38. The molecule has 0 aliphatic carbocycles. The second kappa shape index (κ2) is 11.4. The lowest BCUT2D eigenvalue weighted by molar-refractivity contribution is -0.135. The smallest absolute Gasteiger partial charge is 0.392 e. The summed E-state index contributed by atoms with van der Waals surface area (Å²) >= 11 is 0. The van der Waals surface area contributed by atoms with Gasteiger partial charge in [-0.15, -0.1) is 0 Å². The predicted octanol–water partition coefficient (Wildman–Crippen LogP) is 3.93. The van der Waals surface area contributed by atoms with Crippen molar-refractivity contribution in [1.82, 2.24) is 15.1 Å². The number of hydrogen-bond acceptors (Lipinski definition) is 6. The van der Waals surface area contributed by atoms with Crippen LogP contribution in [0.4, 0.5) is 35.0 Å². The first-order chi connectivity index (χ1) is 19.5. The second-order valence-electron chi connectivity index (χ2n) is 10.6. The maximum absolute atomic E-state index is 12.9. The highest BCUT2D eigenvalue weighted by Gasteiger charge is 2.35. The highest BCUT2D eigenvalue weighted by Crippen LogP contribution is 2.36. The lowest BCUT2D eigenvalue weighted by Crippen LogP contribution is -2.51. The fourth-order valence-electron chi connectivity index (χ4n) is 5.66. The number of aryl methyl sites for hydroxylation is 1. The quantitative estimate of drug-likeness (QED) is 0.416. The van der Waals surface area contributed by atoms with Crippen molar-refractivity contribution in [2.45, 2.75) is 51.0 Å². The van der Waals surface area contributed by atoms with Crippen LogP contribution in [-0.2, 0) is 11.2 Å². The molecule has 10 nitrogen and oxygen atoms in total. The molecule has 3 heterocycles. The van der Waals surface area contributed by atoms with Crippen molar-refractivity contribution < 1.29 is 32.3 Å². The highest BCUT2D eigenvalue weighted by atomic mass is 19.4. The molecule has 0 bridgehead atoms. The number of benzene rings is 2. The summed E-state index contributed by atoms with van der Waals surface area (Å²) < 4.78 is 43.7. The Kier molecular flexibility index (Phi) is 7.87. The van der Waals surface area contributed by atoms with Crippen molar-refractivity contribution in [3.05, 3.63) is 47.0 Å². The van der Waals surface area contributed by atoms with Crippen LogP contribution in [0.2, 0.25) is 0 Å². The van der Waals surface area contributed by atoms with Crippen molar-refractivity contribution in [2.24, 2.45) is 0 Å². The number of ether oxygens (including phenoxy) is 1. The van der Waals surface area contributed by atoms with E-state index in [2.05, 4.69) is 21.3 Å². The number of urea groups is 1. The fraction of sp³-hybridized carbons (Fsp3) is 0.464. The van der Waals surface area contributed by atoms with Gasteiger partial charge in [-0.25, -0.2) is 4.79 Å². The van der Waals surface area contributed by atoms with Gasteiger partial charge in [0.15, 0.2) is 0 Å². The number of methoxy groups -OCH3 is 1. The standard InChI is InChI=1S/C28H33F3N6O4/c1-16-11-18(13-22-25(16)35-23(33-22)14-28(29,30)31)26(39)32-15-24(38)36-8-6-19(7-9-36)37-10-5-17-12-20(41-2)3-4-21(17)34-27(37)40/h3-4,11-13,19,23,33,35H,5-10,14-15H2,1-2H3,(H,32,39)(H,34,40). The molecular formula is C28H33F3N6O4. The summed E-state index contributed by atoms with van der Waals surface area (Å²) in [5.74, 6) is 0.0112. The number of alkyl halides is 3. The molecule has 1 saturated heterocycles. The number of fused-ring (bicyclic) bond motifs is 2. The maximum atomic E-state index is 12.9. The Labute approximate surface area is 235 Å². The molecule has 41 heavy (non-hydrogen) atoms. The van der Waals surface area contributed by atoms with Gasteiger partial charge < -0.3 is 35.8 Å². The van der Waals surface area contributed by atoms with E-state index in [1.165, 1.54) is 6.07 Å². The van der Waals surface area contributed by atoms with Gasteiger partial charge in [-0.3, -0.25) is 9.59 Å². The minimum atomic E-state index is -4.34. The summed E-state index contributed by atoms with van der Waals surface area (Å²) in [5, 5.41) is 11.2. The van der Waals surface area contributed by atoms with Crippen LogP contribution in [0.25, 0.3) is 0 Å². The number of carbonyl (C=O) groups excluding carboxylic acids is 3. The molecule has 4 amide bonds. The third-order valence-electron chi connectivity index (χ3n) is 7.78. The molecular weight excluding hydrogens is 541 g/mol. The van der Waals surface area contributed by atoms with Crippen LogP contribution < -0.4 is 26.0 Å². The minimum absolute atomic E-state index is 0.0125. The van der Waals surface area contributed by atoms with E-state index in [0.717, 1.165) is 17.0 Å². The van der Waals surface area contributed by atoms with Gasteiger partial charge in [0, 0.05) is 36.9 Å². The Morgan fingerprint density at radius 3 is 2.54 bits per heavy atom.